The van der Waals surface area contributed by atoms with Crippen molar-refractivity contribution in [3.05, 3.63) is 81.4 Å². The van der Waals surface area contributed by atoms with Crippen LogP contribution in [0.2, 0.25) is 5.02 Å². The summed E-state index contributed by atoms with van der Waals surface area (Å²) in [5, 5.41) is 19.5. The van der Waals surface area contributed by atoms with E-state index in [1.54, 1.807) is 11.5 Å². The van der Waals surface area contributed by atoms with Crippen LogP contribution in [0.3, 0.4) is 0 Å². The fraction of sp³-hybridized carbons (Fsp3) is 0.125. The normalized spacial score (nSPS) is 11.5. The van der Waals surface area contributed by atoms with E-state index in [2.05, 4.69) is 15.1 Å². The van der Waals surface area contributed by atoms with Gasteiger partial charge in [0.25, 0.3) is 5.56 Å². The van der Waals surface area contributed by atoms with Gasteiger partial charge in [-0.25, -0.2) is 4.98 Å². The Morgan fingerprint density at radius 1 is 1.18 bits per heavy atom. The number of hydrogen-bond donors (Lipinski definition) is 1. The molecule has 6 rings (SSSR count). The zero-order chi connectivity index (χ0) is 22.7. The number of para-hydroxylation sites is 1. The molecule has 0 amide bonds. The van der Waals surface area contributed by atoms with Crippen molar-refractivity contribution < 1.29 is 34.7 Å². The molecule has 0 aliphatic carbocycles. The first kappa shape index (κ1) is 23.1. The van der Waals surface area contributed by atoms with Gasteiger partial charge in [0.05, 0.1) is 21.5 Å². The number of aromatic amines is 1. The summed E-state index contributed by atoms with van der Waals surface area (Å²) >= 11 is 7.55. The standard InChI is InChI=1S/C24H18ClN5O2S.Na/c1-13-22-19(28-30(23(22)32)24-27-18-4-2-3-5-20(18)33-24)11-21(31)29(13)9-8-14-12-26-17-7-6-15(25)10-16(14)17;/h2-7,10-12,26,31H,8-9H2,1H3;/q;+1/p-1. The summed E-state index contributed by atoms with van der Waals surface area (Å²) in [6.07, 6.45) is 2.55. The van der Waals surface area contributed by atoms with Crippen LogP contribution in [0.5, 0.6) is 5.88 Å². The maximum atomic E-state index is 13.3. The van der Waals surface area contributed by atoms with E-state index in [9.17, 15) is 9.90 Å². The zero-order valence-electron chi connectivity index (χ0n) is 18.5. The molecule has 0 atom stereocenters. The van der Waals surface area contributed by atoms with Crippen LogP contribution in [0.25, 0.3) is 37.5 Å². The number of rotatable bonds is 4. The quantitative estimate of drug-likeness (QED) is 0.374. The van der Waals surface area contributed by atoms with Crippen molar-refractivity contribution in [2.75, 3.05) is 0 Å². The fourth-order valence-electron chi connectivity index (χ4n) is 4.30. The van der Waals surface area contributed by atoms with Crippen LogP contribution in [0, 0.1) is 6.92 Å². The number of aryl methyl sites for hydroxylation is 1. The molecular formula is C24H17ClN5NaO2S. The van der Waals surface area contributed by atoms with Gasteiger partial charge in [0.1, 0.15) is 0 Å². The topological polar surface area (TPSA) is 91.6 Å². The molecule has 4 aromatic rings. The number of thiazole rings is 1. The minimum atomic E-state index is -0.269. The molecule has 34 heavy (non-hydrogen) atoms. The first-order chi connectivity index (χ1) is 16.0. The van der Waals surface area contributed by atoms with Gasteiger partial charge < -0.3 is 14.7 Å². The maximum Gasteiger partial charge on any atom is 1.00 e. The summed E-state index contributed by atoms with van der Waals surface area (Å²) in [4.78, 5) is 21.0. The van der Waals surface area contributed by atoms with Crippen LogP contribution < -0.4 is 40.2 Å². The van der Waals surface area contributed by atoms with Crippen LogP contribution in [0.4, 0.5) is 0 Å². The predicted molar refractivity (Wildman–Crippen MR) is 129 cm³/mol. The third-order valence-electron chi connectivity index (χ3n) is 5.96. The summed E-state index contributed by atoms with van der Waals surface area (Å²) in [6, 6.07) is 14.8. The van der Waals surface area contributed by atoms with E-state index in [0.717, 1.165) is 26.7 Å². The Hall–Kier alpha value is -2.62. The van der Waals surface area contributed by atoms with Gasteiger partial charge in [-0.3, -0.25) is 4.79 Å². The molecule has 0 saturated heterocycles. The van der Waals surface area contributed by atoms with Gasteiger partial charge in [-0.1, -0.05) is 35.1 Å². The molecule has 0 radical (unpaired) electrons. The van der Waals surface area contributed by atoms with E-state index < -0.39 is 0 Å². The number of halogens is 1. The average molecular weight is 498 g/mol. The van der Waals surface area contributed by atoms with Gasteiger partial charge in [0, 0.05) is 34.4 Å². The van der Waals surface area contributed by atoms with E-state index in [1.165, 1.54) is 22.1 Å². The van der Waals surface area contributed by atoms with Crippen LogP contribution in [-0.2, 0) is 13.0 Å². The molecular weight excluding hydrogens is 481 g/mol. The van der Waals surface area contributed by atoms with E-state index >= 15 is 0 Å². The Bertz CT molecular complexity index is 1670. The number of hydrogen-bond acceptors (Lipinski definition) is 5. The molecule has 2 aliphatic rings. The van der Waals surface area contributed by atoms with Crippen LogP contribution in [-0.4, -0.2) is 24.3 Å². The maximum absolute atomic E-state index is 13.3. The summed E-state index contributed by atoms with van der Waals surface area (Å²) < 4.78 is 3.91. The summed E-state index contributed by atoms with van der Waals surface area (Å²) in [6.45, 7) is 2.23. The average Bonchev–Trinajstić information content (AvgIpc) is 3.48. The van der Waals surface area contributed by atoms with Crippen molar-refractivity contribution in [1.82, 2.24) is 24.3 Å². The van der Waals surface area contributed by atoms with Gasteiger partial charge in [-0.05, 0) is 61.2 Å². The van der Waals surface area contributed by atoms with E-state index in [0.29, 0.717) is 40.1 Å². The Morgan fingerprint density at radius 3 is 2.82 bits per heavy atom. The molecule has 2 aromatic heterocycles. The summed E-state index contributed by atoms with van der Waals surface area (Å²) in [5.41, 5.74) is 4.03. The zero-order valence-corrected chi connectivity index (χ0v) is 22.1. The van der Waals surface area contributed by atoms with Crippen molar-refractivity contribution in [2.45, 2.75) is 19.9 Å². The molecule has 0 unspecified atom stereocenters. The van der Waals surface area contributed by atoms with Crippen molar-refractivity contribution in [1.29, 1.82) is 0 Å². The second-order valence-electron chi connectivity index (χ2n) is 7.91. The van der Waals surface area contributed by atoms with Crippen LogP contribution in [0.1, 0.15) is 11.3 Å². The Labute approximate surface area is 225 Å². The molecule has 0 bridgehead atoms. The molecule has 0 fully saturated rings. The summed E-state index contributed by atoms with van der Waals surface area (Å²) in [5.74, 6) is -0.188. The molecule has 1 N–H and O–H groups in total. The number of nitrogens with one attached hydrogen (secondary N) is 1. The first-order valence-corrected chi connectivity index (χ1v) is 11.6. The predicted octanol–water partition coefficient (Wildman–Crippen LogP) is 1.51. The van der Waals surface area contributed by atoms with E-state index in [4.69, 9.17) is 11.6 Å². The molecule has 0 saturated carbocycles. The number of aromatic nitrogens is 5. The van der Waals surface area contributed by atoms with E-state index in [1.807, 2.05) is 48.7 Å². The van der Waals surface area contributed by atoms with Gasteiger partial charge in [0.15, 0.2) is 0 Å². The van der Waals surface area contributed by atoms with Crippen molar-refractivity contribution in [3.63, 3.8) is 0 Å². The number of nitrogens with zero attached hydrogens (tertiary/aromatic N) is 4. The smallest absolute Gasteiger partial charge is 0.860 e. The largest absolute Gasteiger partial charge is 1.00 e. The monoisotopic (exact) mass is 497 g/mol. The van der Waals surface area contributed by atoms with Crippen molar-refractivity contribution >= 4 is 44.1 Å². The third kappa shape index (κ3) is 3.76. The van der Waals surface area contributed by atoms with Gasteiger partial charge in [-0.15, -0.1) is 0 Å². The second-order valence-corrected chi connectivity index (χ2v) is 9.36. The molecule has 10 heteroatoms. The van der Waals surface area contributed by atoms with Crippen LogP contribution >= 0.6 is 22.9 Å². The minimum absolute atomic E-state index is 0. The van der Waals surface area contributed by atoms with Crippen molar-refractivity contribution in [3.8, 4) is 22.3 Å². The third-order valence-corrected chi connectivity index (χ3v) is 7.21. The number of H-pyrrole nitrogens is 1. The molecule has 2 aromatic carbocycles. The minimum Gasteiger partial charge on any atom is -0.860 e. The van der Waals surface area contributed by atoms with Crippen LogP contribution in [0.15, 0.2) is 59.5 Å². The Morgan fingerprint density at radius 2 is 2.00 bits per heavy atom. The molecule has 0 spiro atoms. The number of pyridine rings is 1. The first-order valence-electron chi connectivity index (χ1n) is 10.4. The van der Waals surface area contributed by atoms with Gasteiger partial charge >= 0.3 is 29.6 Å². The van der Waals surface area contributed by atoms with Gasteiger partial charge in [-0.2, -0.15) is 9.78 Å². The van der Waals surface area contributed by atoms with Gasteiger partial charge in [0.2, 0.25) is 5.13 Å². The fourth-order valence-corrected chi connectivity index (χ4v) is 5.39. The number of benzene rings is 2. The second kappa shape index (κ2) is 8.87. The summed E-state index contributed by atoms with van der Waals surface area (Å²) in [7, 11) is 0. The molecule has 164 valence electrons. The number of fused-ring (bicyclic) bond motifs is 3. The Balaban J connectivity index is 0.00000241. The van der Waals surface area contributed by atoms with Crippen molar-refractivity contribution in [2.24, 2.45) is 0 Å². The SMILES string of the molecule is Cc1c2c(=O)n(-c3nc4ccccc4s3)nc-2cc([O-])n1CCc1c[nH]c2ccc(Cl)cc12.[Na+]. The molecule has 2 aliphatic heterocycles. The molecule has 7 nitrogen and oxygen atoms in total. The molecule has 4 heterocycles. The Kier molecular flexibility index (Phi) is 6.03. The van der Waals surface area contributed by atoms with E-state index in [-0.39, 0.29) is 41.0 Å².